The lowest BCUT2D eigenvalue weighted by Crippen LogP contribution is -2.13. The molecule has 0 aliphatic heterocycles. The Balaban J connectivity index is 1.88. The van der Waals surface area contributed by atoms with E-state index in [9.17, 15) is 0 Å². The quantitative estimate of drug-likeness (QED) is 0.436. The molecule has 1 heteroatoms. The third-order valence-electron chi connectivity index (χ3n) is 5.16. The minimum Gasteiger partial charge on any atom is -0.192 e. The van der Waals surface area contributed by atoms with Gasteiger partial charge in [0.15, 0.2) is 0 Å². The lowest BCUT2D eigenvalue weighted by molar-refractivity contribution is 0.303. The largest absolute Gasteiger partial charge is 0.192 e. The fourth-order valence-electron chi connectivity index (χ4n) is 3.70. The van der Waals surface area contributed by atoms with Crippen LogP contribution in [-0.2, 0) is 0 Å². The highest BCUT2D eigenvalue weighted by Crippen LogP contribution is 2.38. The number of nitriles is 1. The SMILES string of the molecule is CC=C(C#N)c1ccc(C2CCC(CCCCC)CC2)cc1. The van der Waals surface area contributed by atoms with Crippen molar-refractivity contribution in [3.63, 3.8) is 0 Å². The molecule has 118 valence electrons. The molecule has 1 fully saturated rings. The second kappa shape index (κ2) is 8.79. The number of allylic oxidation sites excluding steroid dienone is 2. The molecular formula is C21H29N. The molecule has 1 aliphatic rings. The molecule has 22 heavy (non-hydrogen) atoms. The minimum atomic E-state index is 0.729. The summed E-state index contributed by atoms with van der Waals surface area (Å²) in [4.78, 5) is 0. The molecule has 0 N–H and O–H groups in total. The fraction of sp³-hybridized carbons (Fsp3) is 0.571. The first kappa shape index (κ1) is 16.8. The van der Waals surface area contributed by atoms with Crippen LogP contribution in [0.15, 0.2) is 30.3 Å². The van der Waals surface area contributed by atoms with Crippen molar-refractivity contribution in [2.75, 3.05) is 0 Å². The van der Waals surface area contributed by atoms with E-state index in [4.69, 9.17) is 5.26 Å². The van der Waals surface area contributed by atoms with Crippen molar-refractivity contribution in [2.45, 2.75) is 71.1 Å². The topological polar surface area (TPSA) is 23.8 Å². The van der Waals surface area contributed by atoms with Gasteiger partial charge in [0.2, 0.25) is 0 Å². The minimum absolute atomic E-state index is 0.729. The molecule has 1 aromatic rings. The molecular weight excluding hydrogens is 266 g/mol. The zero-order valence-corrected chi connectivity index (χ0v) is 14.1. The summed E-state index contributed by atoms with van der Waals surface area (Å²) in [6.07, 6.45) is 12.9. The van der Waals surface area contributed by atoms with Crippen LogP contribution in [0.2, 0.25) is 0 Å². The highest BCUT2D eigenvalue weighted by Gasteiger charge is 2.21. The van der Waals surface area contributed by atoms with Gasteiger partial charge >= 0.3 is 0 Å². The molecule has 1 saturated carbocycles. The van der Waals surface area contributed by atoms with Gasteiger partial charge in [0.1, 0.15) is 0 Å². The molecule has 1 aromatic carbocycles. The van der Waals surface area contributed by atoms with Gasteiger partial charge in [-0.2, -0.15) is 5.26 Å². The van der Waals surface area contributed by atoms with E-state index >= 15 is 0 Å². The van der Waals surface area contributed by atoms with Crippen molar-refractivity contribution in [3.05, 3.63) is 41.5 Å². The molecule has 0 unspecified atom stereocenters. The second-order valence-corrected chi connectivity index (χ2v) is 6.65. The normalized spacial score (nSPS) is 22.3. The molecule has 1 aliphatic carbocycles. The summed E-state index contributed by atoms with van der Waals surface area (Å²) in [7, 11) is 0. The molecule has 0 aromatic heterocycles. The summed E-state index contributed by atoms with van der Waals surface area (Å²) < 4.78 is 0. The summed E-state index contributed by atoms with van der Waals surface area (Å²) in [6, 6.07) is 11.0. The van der Waals surface area contributed by atoms with Crippen LogP contribution >= 0.6 is 0 Å². The van der Waals surface area contributed by atoms with Crippen molar-refractivity contribution in [2.24, 2.45) is 5.92 Å². The first-order valence-electron chi connectivity index (χ1n) is 8.95. The third kappa shape index (κ3) is 4.47. The molecule has 1 nitrogen and oxygen atoms in total. The first-order valence-corrected chi connectivity index (χ1v) is 8.95. The number of unbranched alkanes of at least 4 members (excludes halogenated alkanes) is 2. The van der Waals surface area contributed by atoms with E-state index < -0.39 is 0 Å². The Bertz CT molecular complexity index is 510. The zero-order valence-electron chi connectivity index (χ0n) is 14.1. The van der Waals surface area contributed by atoms with E-state index in [1.807, 2.05) is 13.0 Å². The molecule has 0 spiro atoms. The summed E-state index contributed by atoms with van der Waals surface area (Å²) in [5, 5.41) is 9.10. The van der Waals surface area contributed by atoms with Crippen LogP contribution in [-0.4, -0.2) is 0 Å². The van der Waals surface area contributed by atoms with Gasteiger partial charge in [-0.05, 0) is 55.6 Å². The van der Waals surface area contributed by atoms with Crippen LogP contribution < -0.4 is 0 Å². The Morgan fingerprint density at radius 3 is 2.36 bits per heavy atom. The fourth-order valence-corrected chi connectivity index (χ4v) is 3.70. The number of nitrogens with zero attached hydrogens (tertiary/aromatic N) is 1. The van der Waals surface area contributed by atoms with Gasteiger partial charge < -0.3 is 0 Å². The summed E-state index contributed by atoms with van der Waals surface area (Å²) in [5.74, 6) is 1.70. The van der Waals surface area contributed by atoms with E-state index in [-0.39, 0.29) is 0 Å². The Morgan fingerprint density at radius 1 is 1.14 bits per heavy atom. The van der Waals surface area contributed by atoms with Gasteiger partial charge in [-0.15, -0.1) is 0 Å². The van der Waals surface area contributed by atoms with Crippen LogP contribution in [0.4, 0.5) is 0 Å². The van der Waals surface area contributed by atoms with Crippen molar-refractivity contribution < 1.29 is 0 Å². The average molecular weight is 295 g/mol. The number of rotatable bonds is 6. The molecule has 0 bridgehead atoms. The molecule has 0 atom stereocenters. The maximum atomic E-state index is 9.10. The van der Waals surface area contributed by atoms with Gasteiger partial charge in [0.25, 0.3) is 0 Å². The molecule has 0 saturated heterocycles. The van der Waals surface area contributed by atoms with Gasteiger partial charge in [-0.3, -0.25) is 0 Å². The Kier molecular flexibility index (Phi) is 6.72. The van der Waals surface area contributed by atoms with E-state index in [0.29, 0.717) is 0 Å². The van der Waals surface area contributed by atoms with Crippen LogP contribution in [0.5, 0.6) is 0 Å². The standard InChI is InChI=1S/C21H29N/c1-3-5-6-7-17-8-10-20(11-9-17)21-14-12-19(13-15-21)18(4-2)16-22/h4,12-15,17,20H,3,5-11H2,1-2H3. The van der Waals surface area contributed by atoms with E-state index in [1.54, 1.807) is 0 Å². The number of benzene rings is 1. The van der Waals surface area contributed by atoms with Crippen LogP contribution in [0.3, 0.4) is 0 Å². The van der Waals surface area contributed by atoms with Gasteiger partial charge in [0, 0.05) is 0 Å². The highest BCUT2D eigenvalue weighted by atomic mass is 14.3. The molecule has 0 amide bonds. The second-order valence-electron chi connectivity index (χ2n) is 6.65. The summed E-state index contributed by atoms with van der Waals surface area (Å²) >= 11 is 0. The maximum Gasteiger partial charge on any atom is 0.0994 e. The average Bonchev–Trinajstić information content (AvgIpc) is 2.58. The van der Waals surface area contributed by atoms with Crippen molar-refractivity contribution in [1.29, 1.82) is 5.26 Å². The molecule has 0 radical (unpaired) electrons. The molecule has 2 rings (SSSR count). The van der Waals surface area contributed by atoms with Crippen LogP contribution in [0, 0.1) is 17.2 Å². The summed E-state index contributed by atoms with van der Waals surface area (Å²) in [6.45, 7) is 4.21. The Morgan fingerprint density at radius 2 is 1.82 bits per heavy atom. The van der Waals surface area contributed by atoms with E-state index in [2.05, 4.69) is 37.3 Å². The lowest BCUT2D eigenvalue weighted by atomic mass is 9.77. The Labute approximate surface area is 136 Å². The van der Waals surface area contributed by atoms with Crippen LogP contribution in [0.1, 0.15) is 82.3 Å². The van der Waals surface area contributed by atoms with Gasteiger partial charge in [-0.25, -0.2) is 0 Å². The summed E-state index contributed by atoms with van der Waals surface area (Å²) in [5.41, 5.74) is 3.28. The third-order valence-corrected chi connectivity index (χ3v) is 5.16. The lowest BCUT2D eigenvalue weighted by Gasteiger charge is -2.29. The van der Waals surface area contributed by atoms with E-state index in [1.165, 1.54) is 56.9 Å². The van der Waals surface area contributed by atoms with Gasteiger partial charge in [0.05, 0.1) is 11.6 Å². The molecule has 0 heterocycles. The zero-order chi connectivity index (χ0) is 15.8. The number of hydrogen-bond donors (Lipinski definition) is 0. The predicted octanol–water partition coefficient (Wildman–Crippen LogP) is 6.47. The van der Waals surface area contributed by atoms with Crippen LogP contribution in [0.25, 0.3) is 5.57 Å². The van der Waals surface area contributed by atoms with E-state index in [0.717, 1.165) is 23.0 Å². The Hall–Kier alpha value is -1.55. The monoisotopic (exact) mass is 295 g/mol. The van der Waals surface area contributed by atoms with Crippen molar-refractivity contribution in [1.82, 2.24) is 0 Å². The van der Waals surface area contributed by atoms with Gasteiger partial charge in [-0.1, -0.05) is 62.9 Å². The number of hydrogen-bond acceptors (Lipinski definition) is 1. The maximum absolute atomic E-state index is 9.10. The van der Waals surface area contributed by atoms with Crippen molar-refractivity contribution >= 4 is 5.57 Å². The van der Waals surface area contributed by atoms with Crippen molar-refractivity contribution in [3.8, 4) is 6.07 Å². The predicted molar refractivity (Wildman–Crippen MR) is 94.5 cm³/mol. The first-order chi connectivity index (χ1) is 10.8. The highest BCUT2D eigenvalue weighted by molar-refractivity contribution is 5.76. The smallest absolute Gasteiger partial charge is 0.0994 e.